The van der Waals surface area contributed by atoms with Crippen LogP contribution in [0.2, 0.25) is 0 Å². The second-order valence-corrected chi connectivity index (χ2v) is 20.0. The van der Waals surface area contributed by atoms with Crippen LogP contribution in [0.25, 0.3) is 22.3 Å². The van der Waals surface area contributed by atoms with Crippen molar-refractivity contribution in [2.75, 3.05) is 9.80 Å². The van der Waals surface area contributed by atoms with Gasteiger partial charge < -0.3 is 9.80 Å². The van der Waals surface area contributed by atoms with Crippen LogP contribution in [0.15, 0.2) is 140 Å². The van der Waals surface area contributed by atoms with Crippen molar-refractivity contribution < 1.29 is 0 Å². The molecule has 0 bridgehead atoms. The van der Waals surface area contributed by atoms with Gasteiger partial charge >= 0.3 is 0 Å². The highest BCUT2D eigenvalue weighted by Gasteiger charge is 2.62. The van der Waals surface area contributed by atoms with Crippen LogP contribution in [0, 0.1) is 6.92 Å². The summed E-state index contributed by atoms with van der Waals surface area (Å²) in [4.78, 5) is 5.57. The number of aryl methyl sites for hydroxylation is 1. The van der Waals surface area contributed by atoms with Gasteiger partial charge in [-0.2, -0.15) is 0 Å². The number of hydrogen-bond donors (Lipinski definition) is 0. The molecule has 6 aliphatic rings. The SMILES string of the molecule is Cc1cc2c3c(c1)N1c4c(cc(-c5ccc(C(C)(C)C)cc5)cc4C4(C)CCCCC14C)B3c1cccc3c1N2c1ccccc1C31c2ccccc2-c2ccccc21. The van der Waals surface area contributed by atoms with Crippen LogP contribution in [0.1, 0.15) is 99.2 Å². The largest absolute Gasteiger partial charge is 0.335 e. The van der Waals surface area contributed by atoms with Gasteiger partial charge in [0.25, 0.3) is 6.71 Å². The fraction of sp³-hybridized carbons (Fsp3) is 0.250. The smallest absolute Gasteiger partial charge is 0.252 e. The van der Waals surface area contributed by atoms with E-state index < -0.39 is 5.41 Å². The maximum absolute atomic E-state index is 2.88. The van der Waals surface area contributed by atoms with Gasteiger partial charge in [-0.15, -0.1) is 0 Å². The first-order valence-electron chi connectivity index (χ1n) is 22.0. The van der Waals surface area contributed by atoms with E-state index in [0.717, 1.165) is 0 Å². The Bertz CT molecular complexity index is 2960. The van der Waals surface area contributed by atoms with E-state index in [1.54, 1.807) is 5.56 Å². The highest BCUT2D eigenvalue weighted by Crippen LogP contribution is 2.66. The van der Waals surface area contributed by atoms with Gasteiger partial charge in [0.1, 0.15) is 0 Å². The van der Waals surface area contributed by atoms with E-state index in [0.29, 0.717) is 0 Å². The molecule has 0 amide bonds. The molecule has 2 nitrogen and oxygen atoms in total. The van der Waals surface area contributed by atoms with Gasteiger partial charge in [-0.3, -0.25) is 0 Å². The third-order valence-corrected chi connectivity index (χ3v) is 16.2. The summed E-state index contributed by atoms with van der Waals surface area (Å²) in [6.45, 7) is 14.6. The van der Waals surface area contributed by atoms with Crippen molar-refractivity contribution in [1.29, 1.82) is 0 Å². The topological polar surface area (TPSA) is 6.48 Å². The van der Waals surface area contributed by atoms with Crippen LogP contribution in [0.5, 0.6) is 0 Å². The Morgan fingerprint density at radius 2 is 1.19 bits per heavy atom. The second kappa shape index (κ2) is 11.1. The van der Waals surface area contributed by atoms with Crippen LogP contribution in [-0.4, -0.2) is 12.3 Å². The minimum absolute atomic E-state index is 0.0209. The number of benzene rings is 7. The molecule has 0 saturated heterocycles. The lowest BCUT2D eigenvalue weighted by molar-refractivity contribution is 0.195. The van der Waals surface area contributed by atoms with Crippen LogP contribution in [0.4, 0.5) is 28.4 Å². The minimum Gasteiger partial charge on any atom is -0.335 e. The fourth-order valence-electron chi connectivity index (χ4n) is 13.4. The summed E-state index contributed by atoms with van der Waals surface area (Å²) in [7, 11) is 0. The van der Waals surface area contributed by atoms with Crippen molar-refractivity contribution in [2.24, 2.45) is 0 Å². The average Bonchev–Trinajstić information content (AvgIpc) is 3.65. The molecule has 2 atom stereocenters. The maximum atomic E-state index is 2.88. The van der Waals surface area contributed by atoms with E-state index in [1.165, 1.54) is 126 Å². The first-order chi connectivity index (χ1) is 28.6. The van der Waals surface area contributed by atoms with E-state index in [4.69, 9.17) is 0 Å². The summed E-state index contributed by atoms with van der Waals surface area (Å²) in [6, 6.07) is 54.9. The predicted octanol–water partition coefficient (Wildman–Crippen LogP) is 12.0. The zero-order chi connectivity index (χ0) is 39.8. The van der Waals surface area contributed by atoms with Crippen molar-refractivity contribution >= 4 is 51.5 Å². The molecule has 3 heteroatoms. The van der Waals surface area contributed by atoms with Gasteiger partial charge in [-0.25, -0.2) is 0 Å². The highest BCUT2D eigenvalue weighted by molar-refractivity contribution is 7.00. The molecule has 2 unspecified atom stereocenters. The molecule has 0 aromatic heterocycles. The Labute approximate surface area is 349 Å². The molecular weight excluding hydrogens is 711 g/mol. The van der Waals surface area contributed by atoms with E-state index in [1.807, 2.05) is 0 Å². The van der Waals surface area contributed by atoms with Gasteiger partial charge in [0.15, 0.2) is 0 Å². The number of para-hydroxylation sites is 2. The van der Waals surface area contributed by atoms with Gasteiger partial charge in [0, 0.05) is 28.2 Å². The predicted molar refractivity (Wildman–Crippen MR) is 248 cm³/mol. The standard InChI is InChI=1S/C56H49BN2/c1-34-30-48-50-49(31-34)59-52-44(54(5)28-13-14-29-55(54,59)6)32-36(35-24-26-37(27-25-35)53(2,3)4)33-46(52)57(50)45-22-15-21-43-51(45)58(48)47-23-12-11-20-42(47)56(43)40-18-9-7-16-38(40)39-17-8-10-19-41(39)56/h7-12,15-27,30-33H,13-14,28-29H2,1-6H3. The average molecular weight is 761 g/mol. The molecular formula is C56H49BN2. The summed E-state index contributed by atoms with van der Waals surface area (Å²) in [5.41, 5.74) is 26.0. The van der Waals surface area contributed by atoms with Crippen LogP contribution in [-0.2, 0) is 16.2 Å². The third kappa shape index (κ3) is 3.92. The first kappa shape index (κ1) is 34.1. The zero-order valence-corrected chi connectivity index (χ0v) is 35.1. The Morgan fingerprint density at radius 3 is 1.92 bits per heavy atom. The monoisotopic (exact) mass is 760 g/mol. The lowest BCUT2D eigenvalue weighted by Gasteiger charge is -2.54. The molecule has 0 radical (unpaired) electrons. The number of fused-ring (bicyclic) bond motifs is 16. The fourth-order valence-corrected chi connectivity index (χ4v) is 13.4. The van der Waals surface area contributed by atoms with E-state index in [9.17, 15) is 0 Å². The maximum Gasteiger partial charge on any atom is 0.252 e. The van der Waals surface area contributed by atoms with Crippen LogP contribution in [0.3, 0.4) is 0 Å². The van der Waals surface area contributed by atoms with Gasteiger partial charge in [0.05, 0.1) is 16.6 Å². The van der Waals surface area contributed by atoms with E-state index >= 15 is 0 Å². The summed E-state index contributed by atoms with van der Waals surface area (Å²) in [6.07, 6.45) is 4.94. The van der Waals surface area contributed by atoms with Crippen LogP contribution >= 0.6 is 0 Å². The van der Waals surface area contributed by atoms with Gasteiger partial charge in [0.2, 0.25) is 0 Å². The molecule has 59 heavy (non-hydrogen) atoms. The molecule has 7 aromatic carbocycles. The van der Waals surface area contributed by atoms with Crippen molar-refractivity contribution in [3.63, 3.8) is 0 Å². The highest BCUT2D eigenvalue weighted by atomic mass is 15.3. The summed E-state index contributed by atoms with van der Waals surface area (Å²) in [5.74, 6) is 0. The zero-order valence-electron chi connectivity index (χ0n) is 35.1. The third-order valence-electron chi connectivity index (χ3n) is 16.2. The van der Waals surface area contributed by atoms with Gasteiger partial charge in [-0.05, 0) is 134 Å². The molecule has 2 aliphatic carbocycles. The molecule has 286 valence electrons. The van der Waals surface area contributed by atoms with E-state index in [-0.39, 0.29) is 23.1 Å². The van der Waals surface area contributed by atoms with Crippen molar-refractivity contribution in [3.8, 4) is 22.3 Å². The number of hydrogen-bond acceptors (Lipinski definition) is 2. The second-order valence-electron chi connectivity index (χ2n) is 20.0. The van der Waals surface area contributed by atoms with E-state index in [2.05, 4.69) is 191 Å². The number of nitrogens with zero attached hydrogens (tertiary/aromatic N) is 2. The quantitative estimate of drug-likeness (QED) is 0.154. The Kier molecular flexibility index (Phi) is 6.40. The Hall–Kier alpha value is -5.80. The van der Waals surface area contributed by atoms with Crippen molar-refractivity contribution in [1.82, 2.24) is 0 Å². The molecule has 1 saturated carbocycles. The van der Waals surface area contributed by atoms with Gasteiger partial charge in [-0.1, -0.05) is 156 Å². The lowest BCUT2D eigenvalue weighted by Crippen LogP contribution is -2.65. The molecule has 1 fully saturated rings. The molecule has 4 heterocycles. The van der Waals surface area contributed by atoms with Crippen molar-refractivity contribution in [2.45, 2.75) is 89.0 Å². The number of rotatable bonds is 1. The van der Waals surface area contributed by atoms with Crippen molar-refractivity contribution in [3.05, 3.63) is 178 Å². The molecule has 7 aromatic rings. The number of anilines is 5. The lowest BCUT2D eigenvalue weighted by atomic mass is 9.32. The Balaban J connectivity index is 1.16. The summed E-state index contributed by atoms with van der Waals surface area (Å²) in [5, 5.41) is 0. The summed E-state index contributed by atoms with van der Waals surface area (Å²) >= 11 is 0. The molecule has 13 rings (SSSR count). The van der Waals surface area contributed by atoms with Crippen LogP contribution < -0.4 is 26.2 Å². The summed E-state index contributed by atoms with van der Waals surface area (Å²) < 4.78 is 0. The normalized spacial score (nSPS) is 21.6. The molecule has 1 spiro atoms. The molecule has 0 N–H and O–H groups in total. The molecule has 4 aliphatic heterocycles. The first-order valence-corrected chi connectivity index (χ1v) is 22.0. The Morgan fingerprint density at radius 1 is 0.542 bits per heavy atom. The minimum atomic E-state index is -0.440.